The summed E-state index contributed by atoms with van der Waals surface area (Å²) in [5.74, 6) is -1.17. The molecule has 3 atom stereocenters. The van der Waals surface area contributed by atoms with Gasteiger partial charge in [0.05, 0.1) is 5.92 Å². The number of piperidine rings is 1. The lowest BCUT2D eigenvalue weighted by molar-refractivity contribution is -0.152. The maximum Gasteiger partial charge on any atom is 0.326 e. The summed E-state index contributed by atoms with van der Waals surface area (Å²) in [6, 6.07) is -0.687. The van der Waals surface area contributed by atoms with Crippen molar-refractivity contribution in [2.75, 3.05) is 19.6 Å². The van der Waals surface area contributed by atoms with Crippen LogP contribution in [0.5, 0.6) is 0 Å². The number of carbonyl (C=O) groups excluding carboxylic acids is 2. The SMILES string of the molecule is CCC(C)C(=O)N1CCCC(C(=O)N2CCCC2C(=O)O)C1. The normalized spacial score (nSPS) is 26.8. The lowest BCUT2D eigenvalue weighted by atomic mass is 9.94. The molecule has 6 nitrogen and oxygen atoms in total. The van der Waals surface area contributed by atoms with E-state index in [1.54, 1.807) is 4.90 Å². The molecular weight excluding hydrogens is 284 g/mol. The number of carbonyl (C=O) groups is 3. The van der Waals surface area contributed by atoms with Crippen LogP contribution in [0, 0.1) is 11.8 Å². The maximum atomic E-state index is 12.6. The summed E-state index contributed by atoms with van der Waals surface area (Å²) >= 11 is 0. The molecule has 0 aromatic carbocycles. The van der Waals surface area contributed by atoms with Crippen molar-refractivity contribution in [2.45, 2.75) is 52.0 Å². The Hall–Kier alpha value is -1.59. The molecule has 2 aliphatic heterocycles. The summed E-state index contributed by atoms with van der Waals surface area (Å²) in [4.78, 5) is 39.5. The Bertz CT molecular complexity index is 451. The van der Waals surface area contributed by atoms with Crippen molar-refractivity contribution in [3.8, 4) is 0 Å². The molecule has 0 spiro atoms. The second kappa shape index (κ2) is 7.11. The summed E-state index contributed by atoms with van der Waals surface area (Å²) in [5, 5.41) is 9.22. The number of amides is 2. The largest absolute Gasteiger partial charge is 0.480 e. The van der Waals surface area contributed by atoms with Crippen molar-refractivity contribution in [1.82, 2.24) is 9.80 Å². The summed E-state index contributed by atoms with van der Waals surface area (Å²) in [6.07, 6.45) is 3.62. The van der Waals surface area contributed by atoms with Gasteiger partial charge < -0.3 is 14.9 Å². The molecule has 2 rings (SSSR count). The first kappa shape index (κ1) is 16.8. The number of hydrogen-bond donors (Lipinski definition) is 1. The van der Waals surface area contributed by atoms with Gasteiger partial charge in [0, 0.05) is 25.6 Å². The fraction of sp³-hybridized carbons (Fsp3) is 0.812. The molecule has 0 aliphatic carbocycles. The van der Waals surface area contributed by atoms with Crippen LogP contribution < -0.4 is 0 Å². The van der Waals surface area contributed by atoms with Gasteiger partial charge in [-0.15, -0.1) is 0 Å². The van der Waals surface area contributed by atoms with Crippen molar-refractivity contribution in [3.63, 3.8) is 0 Å². The minimum absolute atomic E-state index is 0.0209. The van der Waals surface area contributed by atoms with Crippen LogP contribution in [0.25, 0.3) is 0 Å². The molecular formula is C16H26N2O4. The number of carboxylic acid groups (broad SMARTS) is 1. The van der Waals surface area contributed by atoms with Crippen molar-refractivity contribution in [3.05, 3.63) is 0 Å². The minimum atomic E-state index is -0.922. The molecule has 0 saturated carbocycles. The van der Waals surface area contributed by atoms with E-state index in [0.29, 0.717) is 26.1 Å². The molecule has 1 N–H and O–H groups in total. The summed E-state index contributed by atoms with van der Waals surface area (Å²) < 4.78 is 0. The third kappa shape index (κ3) is 3.42. The van der Waals surface area contributed by atoms with E-state index in [2.05, 4.69) is 0 Å². The highest BCUT2D eigenvalue weighted by Crippen LogP contribution is 2.25. The molecule has 2 fully saturated rings. The van der Waals surface area contributed by atoms with E-state index in [0.717, 1.165) is 25.7 Å². The van der Waals surface area contributed by atoms with E-state index in [-0.39, 0.29) is 23.7 Å². The highest BCUT2D eigenvalue weighted by atomic mass is 16.4. The van der Waals surface area contributed by atoms with E-state index in [4.69, 9.17) is 0 Å². The number of nitrogens with zero attached hydrogens (tertiary/aromatic N) is 2. The van der Waals surface area contributed by atoms with Crippen LogP contribution in [-0.4, -0.2) is 58.4 Å². The predicted octanol–water partition coefficient (Wildman–Crippen LogP) is 1.35. The van der Waals surface area contributed by atoms with Crippen molar-refractivity contribution < 1.29 is 19.5 Å². The first-order valence-electron chi connectivity index (χ1n) is 8.27. The Morgan fingerprint density at radius 2 is 1.86 bits per heavy atom. The fourth-order valence-corrected chi connectivity index (χ4v) is 3.39. The van der Waals surface area contributed by atoms with Crippen LogP contribution in [0.4, 0.5) is 0 Å². The van der Waals surface area contributed by atoms with Crippen LogP contribution >= 0.6 is 0 Å². The van der Waals surface area contributed by atoms with Gasteiger partial charge in [-0.1, -0.05) is 13.8 Å². The van der Waals surface area contributed by atoms with Crippen molar-refractivity contribution >= 4 is 17.8 Å². The lowest BCUT2D eigenvalue weighted by Gasteiger charge is -2.36. The molecule has 6 heteroatoms. The Morgan fingerprint density at radius 3 is 2.50 bits per heavy atom. The average molecular weight is 310 g/mol. The molecule has 2 saturated heterocycles. The highest BCUT2D eigenvalue weighted by molar-refractivity contribution is 5.86. The molecule has 22 heavy (non-hydrogen) atoms. The van der Waals surface area contributed by atoms with Gasteiger partial charge in [0.15, 0.2) is 0 Å². The van der Waals surface area contributed by atoms with E-state index in [9.17, 15) is 19.5 Å². The van der Waals surface area contributed by atoms with E-state index in [1.807, 2.05) is 13.8 Å². The zero-order chi connectivity index (χ0) is 16.3. The molecule has 0 aromatic rings. The summed E-state index contributed by atoms with van der Waals surface area (Å²) in [5.41, 5.74) is 0. The molecule has 2 heterocycles. The minimum Gasteiger partial charge on any atom is -0.480 e. The zero-order valence-corrected chi connectivity index (χ0v) is 13.5. The van der Waals surface area contributed by atoms with Gasteiger partial charge >= 0.3 is 5.97 Å². The third-order valence-corrected chi connectivity index (χ3v) is 4.94. The summed E-state index contributed by atoms with van der Waals surface area (Å²) in [7, 11) is 0. The van der Waals surface area contributed by atoms with Crippen LogP contribution in [-0.2, 0) is 14.4 Å². The molecule has 2 aliphatic rings. The number of hydrogen-bond acceptors (Lipinski definition) is 3. The Kier molecular flexibility index (Phi) is 5.42. The lowest BCUT2D eigenvalue weighted by Crippen LogP contribution is -2.50. The van der Waals surface area contributed by atoms with Crippen LogP contribution in [0.3, 0.4) is 0 Å². The molecule has 0 bridgehead atoms. The second-order valence-electron chi connectivity index (χ2n) is 6.46. The van der Waals surface area contributed by atoms with Crippen molar-refractivity contribution in [2.24, 2.45) is 11.8 Å². The Morgan fingerprint density at radius 1 is 1.18 bits per heavy atom. The van der Waals surface area contributed by atoms with Gasteiger partial charge in [-0.3, -0.25) is 9.59 Å². The van der Waals surface area contributed by atoms with Gasteiger partial charge in [0.2, 0.25) is 11.8 Å². The van der Waals surface area contributed by atoms with Gasteiger partial charge in [0.1, 0.15) is 6.04 Å². The summed E-state index contributed by atoms with van der Waals surface area (Å²) in [6.45, 7) is 5.55. The molecule has 124 valence electrons. The quantitative estimate of drug-likeness (QED) is 0.850. The standard InChI is InChI=1S/C16H26N2O4/c1-3-11(2)14(19)17-8-4-6-12(10-17)15(20)18-9-5-7-13(18)16(21)22/h11-13H,3-10H2,1-2H3,(H,21,22). The monoisotopic (exact) mass is 310 g/mol. The van der Waals surface area contributed by atoms with Crippen LogP contribution in [0.1, 0.15) is 46.0 Å². The number of rotatable bonds is 4. The third-order valence-electron chi connectivity index (χ3n) is 4.94. The van der Waals surface area contributed by atoms with E-state index < -0.39 is 12.0 Å². The Balaban J connectivity index is 2.01. The smallest absolute Gasteiger partial charge is 0.326 e. The predicted molar refractivity (Wildman–Crippen MR) is 81.1 cm³/mol. The second-order valence-corrected chi connectivity index (χ2v) is 6.46. The van der Waals surface area contributed by atoms with E-state index in [1.165, 1.54) is 4.90 Å². The first-order chi connectivity index (χ1) is 10.5. The van der Waals surface area contributed by atoms with Gasteiger partial charge in [-0.2, -0.15) is 0 Å². The number of likely N-dealkylation sites (tertiary alicyclic amines) is 2. The first-order valence-corrected chi connectivity index (χ1v) is 8.27. The van der Waals surface area contributed by atoms with Gasteiger partial charge in [-0.25, -0.2) is 4.79 Å². The maximum absolute atomic E-state index is 12.6. The van der Waals surface area contributed by atoms with E-state index >= 15 is 0 Å². The van der Waals surface area contributed by atoms with Crippen LogP contribution in [0.15, 0.2) is 0 Å². The number of aliphatic carboxylic acids is 1. The van der Waals surface area contributed by atoms with Gasteiger partial charge in [0.25, 0.3) is 0 Å². The van der Waals surface area contributed by atoms with Crippen molar-refractivity contribution in [1.29, 1.82) is 0 Å². The fourth-order valence-electron chi connectivity index (χ4n) is 3.39. The molecule has 0 aromatic heterocycles. The Labute approximate surface area is 131 Å². The molecule has 3 unspecified atom stereocenters. The number of carboxylic acids is 1. The molecule has 2 amide bonds. The average Bonchev–Trinajstić information content (AvgIpc) is 3.02. The molecule has 0 radical (unpaired) electrons. The van der Waals surface area contributed by atoms with Gasteiger partial charge in [-0.05, 0) is 32.1 Å². The zero-order valence-electron chi connectivity index (χ0n) is 13.5. The highest BCUT2D eigenvalue weighted by Gasteiger charge is 2.39. The topological polar surface area (TPSA) is 77.9 Å². The van der Waals surface area contributed by atoms with Crippen LogP contribution in [0.2, 0.25) is 0 Å².